The summed E-state index contributed by atoms with van der Waals surface area (Å²) in [5.41, 5.74) is -5.85. The highest BCUT2D eigenvalue weighted by molar-refractivity contribution is 7.86. The SMILES string of the molecule is CC(C)(C)OC(=O)N1CCC2(CC1)CC(=O)c1ccccc1O2.O=S(=O)(O)C(F)(F)F. The van der Waals surface area contributed by atoms with Gasteiger partial charge in [-0.1, -0.05) is 12.1 Å². The van der Waals surface area contributed by atoms with E-state index < -0.39 is 26.8 Å². The van der Waals surface area contributed by atoms with Crippen molar-refractivity contribution in [1.82, 2.24) is 4.90 Å². The molecule has 0 saturated carbocycles. The van der Waals surface area contributed by atoms with Gasteiger partial charge in [0.1, 0.15) is 17.0 Å². The molecule has 2 heterocycles. The number of Topliss-reactive ketones (excluding diaryl/α,β-unsaturated/α-hetero) is 1. The van der Waals surface area contributed by atoms with Gasteiger partial charge in [0, 0.05) is 25.9 Å². The Morgan fingerprint density at radius 3 is 2.16 bits per heavy atom. The normalized spacial score (nSPS) is 18.4. The summed E-state index contributed by atoms with van der Waals surface area (Å²) in [5, 5.41) is 0. The standard InChI is InChI=1S/C18H23NO4.CHF3O3S/c1-17(2,3)23-16(21)19-10-8-18(9-11-19)12-14(20)13-6-4-5-7-15(13)22-18;2-1(3,4)8(5,6)7/h4-7H,8-12H2,1-3H3;(H,5,6,7). The molecule has 1 N–H and O–H groups in total. The van der Waals surface area contributed by atoms with Crippen molar-refractivity contribution >= 4 is 22.0 Å². The highest BCUT2D eigenvalue weighted by Crippen LogP contribution is 2.39. The average molecular weight is 467 g/mol. The van der Waals surface area contributed by atoms with Crippen molar-refractivity contribution in [2.75, 3.05) is 13.1 Å². The topological polar surface area (TPSA) is 110 Å². The van der Waals surface area contributed by atoms with Gasteiger partial charge in [0.2, 0.25) is 0 Å². The molecule has 2 aliphatic heterocycles. The molecule has 0 aliphatic carbocycles. The van der Waals surface area contributed by atoms with Crippen molar-refractivity contribution in [3.63, 3.8) is 0 Å². The van der Waals surface area contributed by atoms with E-state index in [4.69, 9.17) is 22.4 Å². The Morgan fingerprint density at radius 1 is 1.16 bits per heavy atom. The number of hydrogen-bond donors (Lipinski definition) is 1. The van der Waals surface area contributed by atoms with E-state index in [2.05, 4.69) is 0 Å². The average Bonchev–Trinajstić information content (AvgIpc) is 2.59. The number of carbonyl (C=O) groups excluding carboxylic acids is 2. The molecule has 3 rings (SSSR count). The molecule has 0 aromatic heterocycles. The quantitative estimate of drug-likeness (QED) is 0.456. The van der Waals surface area contributed by atoms with Gasteiger partial charge in [-0.25, -0.2) is 4.79 Å². The fourth-order valence-corrected chi connectivity index (χ4v) is 3.15. The van der Waals surface area contributed by atoms with Crippen molar-refractivity contribution < 1.29 is 45.2 Å². The highest BCUT2D eigenvalue weighted by Gasteiger charge is 2.45. The van der Waals surface area contributed by atoms with E-state index in [1.165, 1.54) is 0 Å². The van der Waals surface area contributed by atoms with E-state index >= 15 is 0 Å². The Balaban J connectivity index is 0.000000366. The number of ketones is 1. The molecule has 0 radical (unpaired) electrons. The molecule has 8 nitrogen and oxygen atoms in total. The molecule has 1 saturated heterocycles. The molecular formula is C19H24F3NO7S. The van der Waals surface area contributed by atoms with Crippen molar-refractivity contribution in [1.29, 1.82) is 0 Å². The lowest BCUT2D eigenvalue weighted by atomic mass is 9.82. The molecule has 0 unspecified atom stereocenters. The van der Waals surface area contributed by atoms with Crippen molar-refractivity contribution in [3.05, 3.63) is 29.8 Å². The van der Waals surface area contributed by atoms with Crippen LogP contribution in [-0.2, 0) is 14.9 Å². The molecule has 1 fully saturated rings. The summed E-state index contributed by atoms with van der Waals surface area (Å²) in [6.45, 7) is 6.66. The maximum atomic E-state index is 12.4. The summed E-state index contributed by atoms with van der Waals surface area (Å²) in [6, 6.07) is 7.37. The summed E-state index contributed by atoms with van der Waals surface area (Å²) >= 11 is 0. The summed E-state index contributed by atoms with van der Waals surface area (Å²) < 4.78 is 69.1. The van der Waals surface area contributed by atoms with Crippen molar-refractivity contribution in [3.8, 4) is 5.75 Å². The minimum Gasteiger partial charge on any atom is -0.486 e. The molecule has 12 heteroatoms. The van der Waals surface area contributed by atoms with Gasteiger partial charge in [-0.15, -0.1) is 0 Å². The predicted molar refractivity (Wildman–Crippen MR) is 103 cm³/mol. The zero-order chi connectivity index (χ0) is 23.7. The van der Waals surface area contributed by atoms with Crippen molar-refractivity contribution in [2.45, 2.75) is 56.7 Å². The number of para-hydroxylation sites is 1. The third-order valence-electron chi connectivity index (χ3n) is 4.62. The lowest BCUT2D eigenvalue weighted by molar-refractivity contribution is -0.0510. The van der Waals surface area contributed by atoms with Gasteiger partial charge in [-0.2, -0.15) is 21.6 Å². The van der Waals surface area contributed by atoms with Crippen LogP contribution < -0.4 is 4.74 Å². The zero-order valence-electron chi connectivity index (χ0n) is 17.2. The number of hydrogen-bond acceptors (Lipinski definition) is 6. The van der Waals surface area contributed by atoms with E-state index in [9.17, 15) is 22.8 Å². The molecule has 0 bridgehead atoms. The number of ether oxygens (including phenoxy) is 2. The number of fused-ring (bicyclic) bond motifs is 1. The summed E-state index contributed by atoms with van der Waals surface area (Å²) in [4.78, 5) is 26.2. The second-order valence-electron chi connectivity index (χ2n) is 8.27. The number of nitrogens with zero attached hydrogens (tertiary/aromatic N) is 1. The minimum atomic E-state index is -5.84. The molecular weight excluding hydrogens is 443 g/mol. The van der Waals surface area contributed by atoms with E-state index in [-0.39, 0.29) is 11.9 Å². The second kappa shape index (κ2) is 8.65. The first-order chi connectivity index (χ1) is 14.0. The van der Waals surface area contributed by atoms with Gasteiger partial charge in [-0.3, -0.25) is 9.35 Å². The van der Waals surface area contributed by atoms with Crippen LogP contribution in [0.4, 0.5) is 18.0 Å². The van der Waals surface area contributed by atoms with Gasteiger partial charge in [0.05, 0.1) is 12.0 Å². The van der Waals surface area contributed by atoms with Gasteiger partial charge < -0.3 is 14.4 Å². The monoisotopic (exact) mass is 467 g/mol. The van der Waals surface area contributed by atoms with Gasteiger partial charge in [0.25, 0.3) is 0 Å². The number of amides is 1. The number of benzene rings is 1. The molecule has 0 atom stereocenters. The molecule has 1 aromatic rings. The van der Waals surface area contributed by atoms with Crippen LogP contribution in [0, 0.1) is 0 Å². The number of halogens is 3. The van der Waals surface area contributed by atoms with Crippen LogP contribution in [0.15, 0.2) is 24.3 Å². The van der Waals surface area contributed by atoms with Crippen LogP contribution in [0.2, 0.25) is 0 Å². The van der Waals surface area contributed by atoms with E-state index in [1.54, 1.807) is 11.0 Å². The Bertz CT molecular complexity index is 931. The number of likely N-dealkylation sites (tertiary alicyclic amines) is 1. The summed E-state index contributed by atoms with van der Waals surface area (Å²) in [7, 11) is -5.84. The summed E-state index contributed by atoms with van der Waals surface area (Å²) in [5.74, 6) is 0.784. The molecule has 1 spiro atoms. The van der Waals surface area contributed by atoms with Crippen LogP contribution in [0.25, 0.3) is 0 Å². The first-order valence-electron chi connectivity index (χ1n) is 9.36. The van der Waals surface area contributed by atoms with Crippen LogP contribution in [-0.4, -0.2) is 59.5 Å². The van der Waals surface area contributed by atoms with Crippen LogP contribution in [0.5, 0.6) is 5.75 Å². The molecule has 2 aliphatic rings. The molecule has 1 aromatic carbocycles. The highest BCUT2D eigenvalue weighted by atomic mass is 32.2. The number of carbonyl (C=O) groups is 2. The van der Waals surface area contributed by atoms with Crippen LogP contribution in [0.1, 0.15) is 50.4 Å². The van der Waals surface area contributed by atoms with Crippen molar-refractivity contribution in [2.24, 2.45) is 0 Å². The Labute approximate surface area is 178 Å². The first-order valence-corrected chi connectivity index (χ1v) is 10.8. The fourth-order valence-electron chi connectivity index (χ4n) is 3.15. The molecule has 174 valence electrons. The largest absolute Gasteiger partial charge is 0.522 e. The zero-order valence-corrected chi connectivity index (χ0v) is 18.0. The van der Waals surface area contributed by atoms with Gasteiger partial charge in [0.15, 0.2) is 5.78 Å². The van der Waals surface area contributed by atoms with E-state index in [0.29, 0.717) is 43.7 Å². The second-order valence-corrected chi connectivity index (χ2v) is 9.68. The van der Waals surface area contributed by atoms with Crippen LogP contribution in [0.3, 0.4) is 0 Å². The third kappa shape index (κ3) is 6.57. The maximum Gasteiger partial charge on any atom is 0.522 e. The minimum absolute atomic E-state index is 0.123. The Kier molecular flexibility index (Phi) is 6.96. The van der Waals surface area contributed by atoms with Gasteiger partial charge >= 0.3 is 21.7 Å². The number of alkyl halides is 3. The molecule has 31 heavy (non-hydrogen) atoms. The molecule has 1 amide bonds. The first kappa shape index (κ1) is 24.9. The lowest BCUT2D eigenvalue weighted by Gasteiger charge is -2.43. The summed E-state index contributed by atoms with van der Waals surface area (Å²) in [6.07, 6.45) is 1.38. The number of rotatable bonds is 0. The lowest BCUT2D eigenvalue weighted by Crippen LogP contribution is -2.52. The maximum absolute atomic E-state index is 12.4. The van der Waals surface area contributed by atoms with E-state index in [1.807, 2.05) is 39.0 Å². The smallest absolute Gasteiger partial charge is 0.486 e. The Hall–Kier alpha value is -2.34. The van der Waals surface area contributed by atoms with E-state index in [0.717, 1.165) is 0 Å². The number of piperidine rings is 1. The third-order valence-corrected chi connectivity index (χ3v) is 5.20. The van der Waals surface area contributed by atoms with Gasteiger partial charge in [-0.05, 0) is 32.9 Å². The fraction of sp³-hybridized carbons (Fsp3) is 0.579. The van der Waals surface area contributed by atoms with Crippen LogP contribution >= 0.6 is 0 Å². The predicted octanol–water partition coefficient (Wildman–Crippen LogP) is 3.82. The Morgan fingerprint density at radius 2 is 1.68 bits per heavy atom.